The maximum atomic E-state index is 12.3. The van der Waals surface area contributed by atoms with Crippen molar-refractivity contribution < 1.29 is 23.9 Å². The zero-order valence-corrected chi connectivity index (χ0v) is 15.3. The van der Waals surface area contributed by atoms with Crippen molar-refractivity contribution in [1.82, 2.24) is 0 Å². The highest BCUT2D eigenvalue weighted by atomic mass is 16.6. The Hall–Kier alpha value is -2.47. The van der Waals surface area contributed by atoms with Crippen LogP contribution in [0.15, 0.2) is 35.9 Å². The number of esters is 1. The number of hydrogen-bond donors (Lipinski definition) is 0. The number of imide groups is 1. The molecule has 0 aliphatic carbocycles. The van der Waals surface area contributed by atoms with Gasteiger partial charge in [-0.15, -0.1) is 0 Å². The Balaban J connectivity index is 1.65. The van der Waals surface area contributed by atoms with Crippen LogP contribution in [0.3, 0.4) is 0 Å². The maximum absolute atomic E-state index is 12.3. The fourth-order valence-electron chi connectivity index (χ4n) is 3.43. The van der Waals surface area contributed by atoms with Crippen LogP contribution in [-0.4, -0.2) is 37.1 Å². The highest BCUT2D eigenvalue weighted by molar-refractivity contribution is 6.30. The lowest BCUT2D eigenvalue weighted by atomic mass is 9.75. The monoisotopic (exact) mass is 357 g/mol. The molecule has 0 saturated carbocycles. The fourth-order valence-corrected chi connectivity index (χ4v) is 3.43. The summed E-state index contributed by atoms with van der Waals surface area (Å²) in [7, 11) is 0. The zero-order valence-electron chi connectivity index (χ0n) is 15.3. The first-order valence-electron chi connectivity index (χ1n) is 8.87. The van der Waals surface area contributed by atoms with Crippen LogP contribution < -0.4 is 4.90 Å². The van der Waals surface area contributed by atoms with E-state index in [1.807, 2.05) is 0 Å². The van der Waals surface area contributed by atoms with E-state index in [4.69, 9.17) is 9.47 Å². The number of hydrogen-bond acceptors (Lipinski definition) is 5. The van der Waals surface area contributed by atoms with Gasteiger partial charge in [-0.05, 0) is 44.0 Å². The minimum Gasteiger partial charge on any atom is -0.461 e. The van der Waals surface area contributed by atoms with E-state index in [0.29, 0.717) is 30.0 Å². The SMILES string of the molecule is CCC1OCC1(CC)COC(=O)c1ccc(N2C(=O)C=C(C)C2=O)cc1. The van der Waals surface area contributed by atoms with E-state index in [2.05, 4.69) is 13.8 Å². The van der Waals surface area contributed by atoms with Crippen LogP contribution in [-0.2, 0) is 19.1 Å². The number of nitrogens with zero attached hydrogens (tertiary/aromatic N) is 1. The third-order valence-corrected chi connectivity index (χ3v) is 5.28. The first-order valence-corrected chi connectivity index (χ1v) is 8.87. The summed E-state index contributed by atoms with van der Waals surface area (Å²) in [5.74, 6) is -1.13. The van der Waals surface area contributed by atoms with Gasteiger partial charge in [0.25, 0.3) is 11.8 Å². The molecule has 2 aliphatic heterocycles. The van der Waals surface area contributed by atoms with Gasteiger partial charge >= 0.3 is 5.97 Å². The second kappa shape index (κ2) is 7.03. The molecular formula is C20H23NO5. The van der Waals surface area contributed by atoms with E-state index >= 15 is 0 Å². The molecule has 2 unspecified atom stereocenters. The van der Waals surface area contributed by atoms with Crippen molar-refractivity contribution in [2.75, 3.05) is 18.1 Å². The Morgan fingerprint density at radius 1 is 1.27 bits per heavy atom. The Bertz CT molecular complexity index is 761. The van der Waals surface area contributed by atoms with Crippen molar-refractivity contribution in [3.05, 3.63) is 41.5 Å². The second-order valence-corrected chi connectivity index (χ2v) is 6.85. The fraction of sp³-hybridized carbons (Fsp3) is 0.450. The first-order chi connectivity index (χ1) is 12.4. The lowest BCUT2D eigenvalue weighted by Gasteiger charge is -2.48. The highest BCUT2D eigenvalue weighted by Gasteiger charge is 2.47. The summed E-state index contributed by atoms with van der Waals surface area (Å²) in [4.78, 5) is 37.3. The van der Waals surface area contributed by atoms with Crippen LogP contribution >= 0.6 is 0 Å². The van der Waals surface area contributed by atoms with Crippen molar-refractivity contribution in [1.29, 1.82) is 0 Å². The minimum atomic E-state index is -0.417. The molecular weight excluding hydrogens is 334 g/mol. The molecule has 2 amide bonds. The molecule has 26 heavy (non-hydrogen) atoms. The smallest absolute Gasteiger partial charge is 0.338 e. The topological polar surface area (TPSA) is 72.9 Å². The van der Waals surface area contributed by atoms with Gasteiger partial charge in [0.15, 0.2) is 0 Å². The molecule has 0 radical (unpaired) electrons. The molecule has 0 N–H and O–H groups in total. The molecule has 3 rings (SSSR count). The van der Waals surface area contributed by atoms with Crippen LogP contribution in [0.5, 0.6) is 0 Å². The predicted octanol–water partition coefficient (Wildman–Crippen LogP) is 2.87. The average Bonchev–Trinajstić information content (AvgIpc) is 2.87. The third kappa shape index (κ3) is 3.05. The van der Waals surface area contributed by atoms with Gasteiger partial charge in [0.05, 0.1) is 29.4 Å². The normalized spacial score (nSPS) is 25.1. The van der Waals surface area contributed by atoms with Crippen LogP contribution in [0.2, 0.25) is 0 Å². The van der Waals surface area contributed by atoms with Crippen LogP contribution in [0, 0.1) is 5.41 Å². The molecule has 0 aromatic heterocycles. The minimum absolute atomic E-state index is 0.0953. The lowest BCUT2D eigenvalue weighted by molar-refractivity contribution is -0.206. The number of carbonyl (C=O) groups is 3. The number of rotatable bonds is 6. The van der Waals surface area contributed by atoms with Gasteiger partial charge in [0.1, 0.15) is 6.61 Å². The number of ether oxygens (including phenoxy) is 2. The molecule has 6 nitrogen and oxygen atoms in total. The summed E-state index contributed by atoms with van der Waals surface area (Å²) in [6.07, 6.45) is 3.22. The summed E-state index contributed by atoms with van der Waals surface area (Å²) in [6, 6.07) is 6.30. The van der Waals surface area contributed by atoms with Gasteiger partial charge in [0, 0.05) is 11.6 Å². The molecule has 2 heterocycles. The molecule has 1 saturated heterocycles. The van der Waals surface area contributed by atoms with E-state index in [9.17, 15) is 14.4 Å². The summed E-state index contributed by atoms with van der Waals surface area (Å²) in [5.41, 5.74) is 1.13. The molecule has 0 bridgehead atoms. The summed E-state index contributed by atoms with van der Waals surface area (Å²) >= 11 is 0. The van der Waals surface area contributed by atoms with Gasteiger partial charge in [-0.3, -0.25) is 9.59 Å². The van der Waals surface area contributed by atoms with Gasteiger partial charge in [0.2, 0.25) is 0 Å². The number of benzene rings is 1. The van der Waals surface area contributed by atoms with E-state index in [0.717, 1.165) is 17.7 Å². The molecule has 0 spiro atoms. The van der Waals surface area contributed by atoms with Crippen molar-refractivity contribution in [3.63, 3.8) is 0 Å². The Morgan fingerprint density at radius 3 is 2.42 bits per heavy atom. The molecule has 2 atom stereocenters. The van der Waals surface area contributed by atoms with Crippen molar-refractivity contribution in [2.45, 2.75) is 39.7 Å². The Kier molecular flexibility index (Phi) is 4.96. The van der Waals surface area contributed by atoms with Crippen molar-refractivity contribution in [3.8, 4) is 0 Å². The Morgan fingerprint density at radius 2 is 1.96 bits per heavy atom. The van der Waals surface area contributed by atoms with Crippen LogP contribution in [0.1, 0.15) is 44.0 Å². The zero-order chi connectivity index (χ0) is 18.9. The average molecular weight is 357 g/mol. The quantitative estimate of drug-likeness (QED) is 0.578. The largest absolute Gasteiger partial charge is 0.461 e. The predicted molar refractivity (Wildman–Crippen MR) is 95.7 cm³/mol. The van der Waals surface area contributed by atoms with Crippen molar-refractivity contribution in [2.24, 2.45) is 5.41 Å². The molecule has 2 aliphatic rings. The molecule has 138 valence electrons. The second-order valence-electron chi connectivity index (χ2n) is 6.85. The lowest BCUT2D eigenvalue weighted by Crippen LogP contribution is -2.54. The molecule has 1 aromatic rings. The van der Waals surface area contributed by atoms with E-state index in [-0.39, 0.29) is 23.3 Å². The van der Waals surface area contributed by atoms with Gasteiger partial charge in [-0.25, -0.2) is 9.69 Å². The third-order valence-electron chi connectivity index (χ3n) is 5.28. The van der Waals surface area contributed by atoms with Crippen LogP contribution in [0.25, 0.3) is 0 Å². The molecule has 6 heteroatoms. The summed E-state index contributed by atoms with van der Waals surface area (Å²) in [6.45, 7) is 6.68. The summed E-state index contributed by atoms with van der Waals surface area (Å²) in [5, 5.41) is 0. The van der Waals surface area contributed by atoms with E-state index < -0.39 is 5.97 Å². The number of carbonyl (C=O) groups excluding carboxylic acids is 3. The van der Waals surface area contributed by atoms with Gasteiger partial charge in [-0.1, -0.05) is 13.8 Å². The van der Waals surface area contributed by atoms with E-state index in [1.165, 1.54) is 6.08 Å². The number of anilines is 1. The first kappa shape index (κ1) is 18.3. The van der Waals surface area contributed by atoms with Crippen LogP contribution in [0.4, 0.5) is 5.69 Å². The van der Waals surface area contributed by atoms with E-state index in [1.54, 1.807) is 31.2 Å². The van der Waals surface area contributed by atoms with Gasteiger partial charge in [-0.2, -0.15) is 0 Å². The van der Waals surface area contributed by atoms with Crippen molar-refractivity contribution >= 4 is 23.5 Å². The Labute approximate surface area is 152 Å². The van der Waals surface area contributed by atoms with Gasteiger partial charge < -0.3 is 9.47 Å². The maximum Gasteiger partial charge on any atom is 0.338 e. The highest BCUT2D eigenvalue weighted by Crippen LogP contribution is 2.40. The summed E-state index contributed by atoms with van der Waals surface area (Å²) < 4.78 is 11.1. The molecule has 1 aromatic carbocycles. The standard InChI is InChI=1S/C20H23NO5/c1-4-16-20(5-2,11-25-16)12-26-19(24)14-6-8-15(9-7-14)21-17(22)10-13(3)18(21)23/h6-10,16H,4-5,11-12H2,1-3H3. The number of amides is 2. The molecule has 1 fully saturated rings.